The van der Waals surface area contributed by atoms with Crippen molar-refractivity contribution in [1.82, 2.24) is 0 Å². The highest BCUT2D eigenvalue weighted by Gasteiger charge is 2.38. The molecule has 0 atom stereocenters. The van der Waals surface area contributed by atoms with Crippen LogP contribution in [0.5, 0.6) is 0 Å². The van der Waals surface area contributed by atoms with Gasteiger partial charge in [0.25, 0.3) is 5.69 Å². The average Bonchev–Trinajstić information content (AvgIpc) is 2.88. The number of nitrogens with zero attached hydrogens (tertiary/aromatic N) is 1. The molecule has 0 spiro atoms. The quantitative estimate of drug-likeness (QED) is 0.204. The molecule has 1 aliphatic carbocycles. The zero-order valence-corrected chi connectivity index (χ0v) is 18.4. The Bertz CT molecular complexity index is 1160. The van der Waals surface area contributed by atoms with E-state index in [1.165, 1.54) is 5.56 Å². The fraction of sp³-hybridized carbons (Fsp3) is 0.172. The van der Waals surface area contributed by atoms with Gasteiger partial charge in [0.1, 0.15) is 11.2 Å². The van der Waals surface area contributed by atoms with Gasteiger partial charge in [0.2, 0.25) is 0 Å². The van der Waals surface area contributed by atoms with Crippen molar-refractivity contribution in [2.45, 2.75) is 31.2 Å². The summed E-state index contributed by atoms with van der Waals surface area (Å²) in [5.74, 6) is 0. The lowest BCUT2D eigenvalue weighted by Gasteiger charge is -2.38. The van der Waals surface area contributed by atoms with E-state index < -0.39 is 5.54 Å². The van der Waals surface area contributed by atoms with Gasteiger partial charge in [0.15, 0.2) is 0 Å². The second-order valence-electron chi connectivity index (χ2n) is 8.58. The molecular formula is C29H26N2O2. The van der Waals surface area contributed by atoms with Gasteiger partial charge < -0.3 is 5.32 Å². The molecule has 4 heteroatoms. The van der Waals surface area contributed by atoms with Gasteiger partial charge in [-0.15, -0.1) is 0 Å². The Hall–Kier alpha value is -3.92. The largest absolute Gasteiger partial charge is 0.362 e. The first kappa shape index (κ1) is 21.0. The van der Waals surface area contributed by atoms with E-state index >= 15 is 0 Å². The average molecular weight is 435 g/mol. The summed E-state index contributed by atoms with van der Waals surface area (Å²) in [5, 5.41) is 15.9. The predicted molar refractivity (Wildman–Crippen MR) is 133 cm³/mol. The number of hydrogen-bond donors (Lipinski definition) is 1. The van der Waals surface area contributed by atoms with Gasteiger partial charge >= 0.3 is 0 Å². The molecule has 1 aliphatic rings. The van der Waals surface area contributed by atoms with Crippen molar-refractivity contribution >= 4 is 11.4 Å². The zero-order chi connectivity index (χ0) is 22.7. The van der Waals surface area contributed by atoms with Crippen LogP contribution in [0.3, 0.4) is 0 Å². The highest BCUT2D eigenvalue weighted by atomic mass is 16.6. The molecule has 33 heavy (non-hydrogen) atoms. The molecule has 4 nitrogen and oxygen atoms in total. The summed E-state index contributed by atoms with van der Waals surface area (Å²) in [6, 6.07) is 34.3. The number of rotatable bonds is 6. The van der Waals surface area contributed by atoms with Crippen LogP contribution in [0.15, 0.2) is 103 Å². The first-order valence-electron chi connectivity index (χ1n) is 11.4. The van der Waals surface area contributed by atoms with Crippen LogP contribution in [0.4, 0.5) is 11.4 Å². The third-order valence-corrected chi connectivity index (χ3v) is 6.60. The van der Waals surface area contributed by atoms with Crippen molar-refractivity contribution in [3.05, 3.63) is 141 Å². The van der Waals surface area contributed by atoms with Crippen molar-refractivity contribution in [3.8, 4) is 0 Å². The minimum absolute atomic E-state index is 0.128. The highest BCUT2D eigenvalue weighted by Crippen LogP contribution is 2.43. The van der Waals surface area contributed by atoms with Gasteiger partial charge in [0.05, 0.1) is 4.92 Å². The third kappa shape index (κ3) is 3.89. The monoisotopic (exact) mass is 434 g/mol. The fourth-order valence-corrected chi connectivity index (χ4v) is 5.01. The van der Waals surface area contributed by atoms with E-state index in [9.17, 15) is 10.1 Å². The van der Waals surface area contributed by atoms with Gasteiger partial charge in [-0.25, -0.2) is 0 Å². The minimum atomic E-state index is -0.794. The molecule has 0 aromatic heterocycles. The maximum absolute atomic E-state index is 12.2. The first-order valence-corrected chi connectivity index (χ1v) is 11.4. The van der Waals surface area contributed by atoms with Gasteiger partial charge in [-0.05, 0) is 59.6 Å². The van der Waals surface area contributed by atoms with Crippen molar-refractivity contribution < 1.29 is 4.92 Å². The lowest BCUT2D eigenvalue weighted by Crippen LogP contribution is -2.38. The minimum Gasteiger partial charge on any atom is -0.362 e. The van der Waals surface area contributed by atoms with Crippen LogP contribution >= 0.6 is 0 Å². The van der Waals surface area contributed by atoms with Crippen LogP contribution in [-0.2, 0) is 18.4 Å². The molecule has 4 aromatic rings. The Morgan fingerprint density at radius 3 is 1.52 bits per heavy atom. The molecule has 5 rings (SSSR count). The normalized spacial score (nSPS) is 13.2. The summed E-state index contributed by atoms with van der Waals surface area (Å²) < 4.78 is 0. The van der Waals surface area contributed by atoms with E-state index in [4.69, 9.17) is 0 Å². The summed E-state index contributed by atoms with van der Waals surface area (Å²) in [6.07, 6.45) is 4.05. The Morgan fingerprint density at radius 2 is 1.09 bits per heavy atom. The van der Waals surface area contributed by atoms with E-state index in [1.807, 2.05) is 60.7 Å². The van der Waals surface area contributed by atoms with Crippen LogP contribution in [0.2, 0.25) is 0 Å². The topological polar surface area (TPSA) is 55.2 Å². The SMILES string of the molecule is O=[N+]([O-])c1cc2c(cc1NC(c1ccccc1)(c1ccccc1)c1ccccc1)CCCC2. The van der Waals surface area contributed by atoms with Gasteiger partial charge in [-0.1, -0.05) is 91.0 Å². The zero-order valence-electron chi connectivity index (χ0n) is 18.4. The van der Waals surface area contributed by atoms with Crippen LogP contribution in [0, 0.1) is 10.1 Å². The second-order valence-corrected chi connectivity index (χ2v) is 8.58. The molecule has 4 aromatic carbocycles. The molecule has 0 heterocycles. The third-order valence-electron chi connectivity index (χ3n) is 6.60. The maximum atomic E-state index is 12.2. The Kier molecular flexibility index (Phi) is 5.66. The Labute approximate surface area is 194 Å². The molecule has 0 fully saturated rings. The number of benzene rings is 4. The summed E-state index contributed by atoms with van der Waals surface area (Å²) >= 11 is 0. The summed E-state index contributed by atoms with van der Waals surface area (Å²) in [4.78, 5) is 11.9. The molecular weight excluding hydrogens is 408 g/mol. The second kappa shape index (κ2) is 8.91. The van der Waals surface area contributed by atoms with Crippen molar-refractivity contribution in [2.24, 2.45) is 0 Å². The molecule has 0 radical (unpaired) electrons. The maximum Gasteiger partial charge on any atom is 0.292 e. The smallest absolute Gasteiger partial charge is 0.292 e. The van der Waals surface area contributed by atoms with Crippen LogP contribution in [0.1, 0.15) is 40.7 Å². The van der Waals surface area contributed by atoms with Gasteiger partial charge in [0, 0.05) is 6.07 Å². The molecule has 0 unspecified atom stereocenters. The highest BCUT2D eigenvalue weighted by molar-refractivity contribution is 5.70. The lowest BCUT2D eigenvalue weighted by molar-refractivity contribution is -0.384. The predicted octanol–water partition coefficient (Wildman–Crippen LogP) is 6.88. The standard InChI is InChI=1S/C29H26N2O2/c32-31(33)28-21-23-13-11-10-12-22(23)20-27(28)30-29(24-14-4-1-5-15-24,25-16-6-2-7-17-25)26-18-8-3-9-19-26/h1-9,14-21,30H,10-13H2. The first-order chi connectivity index (χ1) is 16.2. The van der Waals surface area contributed by atoms with Crippen LogP contribution in [-0.4, -0.2) is 4.92 Å². The van der Waals surface area contributed by atoms with E-state index in [2.05, 4.69) is 41.7 Å². The number of hydrogen-bond acceptors (Lipinski definition) is 3. The number of nitrogens with one attached hydrogen (secondary N) is 1. The van der Waals surface area contributed by atoms with Crippen molar-refractivity contribution in [1.29, 1.82) is 0 Å². The number of nitro groups is 1. The van der Waals surface area contributed by atoms with Gasteiger partial charge in [-0.3, -0.25) is 10.1 Å². The number of anilines is 1. The molecule has 0 amide bonds. The van der Waals surface area contributed by atoms with E-state index in [0.717, 1.165) is 47.9 Å². The fourth-order valence-electron chi connectivity index (χ4n) is 5.01. The van der Waals surface area contributed by atoms with E-state index in [-0.39, 0.29) is 10.6 Å². The van der Waals surface area contributed by atoms with Crippen molar-refractivity contribution in [3.63, 3.8) is 0 Å². The Morgan fingerprint density at radius 1 is 0.667 bits per heavy atom. The summed E-state index contributed by atoms with van der Waals surface area (Å²) in [6.45, 7) is 0. The van der Waals surface area contributed by atoms with Crippen LogP contribution in [0.25, 0.3) is 0 Å². The number of fused-ring (bicyclic) bond motifs is 1. The van der Waals surface area contributed by atoms with Crippen LogP contribution < -0.4 is 5.32 Å². The molecule has 0 saturated carbocycles. The van der Waals surface area contributed by atoms with Gasteiger partial charge in [-0.2, -0.15) is 0 Å². The van der Waals surface area contributed by atoms with Crippen molar-refractivity contribution in [2.75, 3.05) is 5.32 Å². The van der Waals surface area contributed by atoms with E-state index in [0.29, 0.717) is 5.69 Å². The summed E-state index contributed by atoms with van der Waals surface area (Å²) in [7, 11) is 0. The Balaban J connectivity index is 1.79. The molecule has 1 N–H and O–H groups in total. The molecule has 0 aliphatic heterocycles. The molecule has 0 saturated heterocycles. The summed E-state index contributed by atoms with van der Waals surface area (Å²) in [5.41, 5.74) is 5.26. The lowest BCUT2D eigenvalue weighted by atomic mass is 9.76. The number of aryl methyl sites for hydroxylation is 2. The molecule has 164 valence electrons. The van der Waals surface area contributed by atoms with E-state index in [1.54, 1.807) is 6.07 Å². The number of nitro benzene ring substituents is 1. The molecule has 0 bridgehead atoms.